The Morgan fingerprint density at radius 3 is 2.68 bits per heavy atom. The summed E-state index contributed by atoms with van der Waals surface area (Å²) in [7, 11) is -2.14. The van der Waals surface area contributed by atoms with Gasteiger partial charge in [-0.15, -0.1) is 0 Å². The molecular weight excluding hydrogens is 376 g/mol. The Kier molecular flexibility index (Phi) is 4.89. The Bertz CT molecular complexity index is 1010. The SMILES string of the molecule is COc1ccccc1[C@H](C)NS(=O)(=O)c1ccc2c(c1)CCN2C(=O)C1CC1. The number of hydrogen-bond donors (Lipinski definition) is 1. The Labute approximate surface area is 165 Å². The largest absolute Gasteiger partial charge is 0.496 e. The maximum absolute atomic E-state index is 12.9. The first-order valence-electron chi connectivity index (χ1n) is 9.50. The van der Waals surface area contributed by atoms with E-state index in [-0.39, 0.29) is 16.7 Å². The lowest BCUT2D eigenvalue weighted by Gasteiger charge is -2.19. The Morgan fingerprint density at radius 2 is 1.96 bits per heavy atom. The van der Waals surface area contributed by atoms with Gasteiger partial charge in [0.05, 0.1) is 12.0 Å². The van der Waals surface area contributed by atoms with Crippen LogP contribution < -0.4 is 14.4 Å². The molecule has 0 radical (unpaired) electrons. The number of carbonyl (C=O) groups is 1. The molecule has 2 aromatic carbocycles. The molecule has 0 unspecified atom stereocenters. The molecule has 148 valence electrons. The summed E-state index contributed by atoms with van der Waals surface area (Å²) in [6.07, 6.45) is 2.60. The number of anilines is 1. The van der Waals surface area contributed by atoms with E-state index < -0.39 is 16.1 Å². The van der Waals surface area contributed by atoms with Crippen molar-refractivity contribution in [2.45, 2.75) is 37.1 Å². The second kappa shape index (κ2) is 7.22. The van der Waals surface area contributed by atoms with Crippen LogP contribution in [0.1, 0.15) is 36.9 Å². The van der Waals surface area contributed by atoms with Gasteiger partial charge in [-0.25, -0.2) is 13.1 Å². The lowest BCUT2D eigenvalue weighted by Crippen LogP contribution is -2.30. The van der Waals surface area contributed by atoms with Gasteiger partial charge in [-0.05, 0) is 56.0 Å². The van der Waals surface area contributed by atoms with E-state index in [0.717, 1.165) is 29.7 Å². The lowest BCUT2D eigenvalue weighted by atomic mass is 10.1. The highest BCUT2D eigenvalue weighted by Gasteiger charge is 2.36. The lowest BCUT2D eigenvalue weighted by molar-refractivity contribution is -0.119. The van der Waals surface area contributed by atoms with Gasteiger partial charge in [0.25, 0.3) is 0 Å². The average molecular weight is 401 g/mol. The normalized spacial score (nSPS) is 17.3. The third-order valence-corrected chi connectivity index (χ3v) is 6.93. The van der Waals surface area contributed by atoms with Gasteiger partial charge in [-0.1, -0.05) is 18.2 Å². The molecule has 0 bridgehead atoms. The molecule has 4 rings (SSSR count). The van der Waals surface area contributed by atoms with Crippen LogP contribution >= 0.6 is 0 Å². The van der Waals surface area contributed by atoms with Crippen molar-refractivity contribution in [2.75, 3.05) is 18.6 Å². The molecule has 2 aliphatic rings. The first kappa shape index (κ1) is 19.0. The van der Waals surface area contributed by atoms with E-state index >= 15 is 0 Å². The van der Waals surface area contributed by atoms with Gasteiger partial charge >= 0.3 is 0 Å². The minimum Gasteiger partial charge on any atom is -0.496 e. The number of rotatable bonds is 6. The van der Waals surface area contributed by atoms with E-state index in [4.69, 9.17) is 4.74 Å². The molecule has 2 aromatic rings. The number of amides is 1. The monoisotopic (exact) mass is 400 g/mol. The van der Waals surface area contributed by atoms with Crippen LogP contribution in [0.25, 0.3) is 0 Å². The molecule has 6 nitrogen and oxygen atoms in total. The Balaban J connectivity index is 1.56. The third kappa shape index (κ3) is 3.52. The maximum Gasteiger partial charge on any atom is 0.241 e. The second-order valence-corrected chi connectivity index (χ2v) is 9.10. The zero-order valence-electron chi connectivity index (χ0n) is 16.0. The van der Waals surface area contributed by atoms with Crippen LogP contribution in [0.5, 0.6) is 5.75 Å². The highest BCUT2D eigenvalue weighted by Crippen LogP contribution is 2.37. The van der Waals surface area contributed by atoms with Crippen LogP contribution in [-0.4, -0.2) is 28.0 Å². The number of para-hydroxylation sites is 1. The fraction of sp³-hybridized carbons (Fsp3) is 0.381. The number of carbonyl (C=O) groups excluding carboxylic acids is 1. The van der Waals surface area contributed by atoms with Crippen LogP contribution in [0.15, 0.2) is 47.4 Å². The molecule has 0 spiro atoms. The van der Waals surface area contributed by atoms with Crippen molar-refractivity contribution in [3.63, 3.8) is 0 Å². The zero-order chi connectivity index (χ0) is 19.9. The quantitative estimate of drug-likeness (QED) is 0.809. The van der Waals surface area contributed by atoms with Gasteiger partial charge in [0, 0.05) is 29.8 Å². The van der Waals surface area contributed by atoms with Gasteiger partial charge in [0.1, 0.15) is 5.75 Å². The number of methoxy groups -OCH3 is 1. The van der Waals surface area contributed by atoms with Crippen molar-refractivity contribution >= 4 is 21.6 Å². The Morgan fingerprint density at radius 1 is 1.21 bits per heavy atom. The number of fused-ring (bicyclic) bond motifs is 1. The number of sulfonamides is 1. The minimum atomic E-state index is -3.70. The molecule has 1 N–H and O–H groups in total. The van der Waals surface area contributed by atoms with Crippen molar-refractivity contribution in [1.82, 2.24) is 4.72 Å². The van der Waals surface area contributed by atoms with Crippen LogP contribution in [0, 0.1) is 5.92 Å². The van der Waals surface area contributed by atoms with Crippen molar-refractivity contribution < 1.29 is 17.9 Å². The van der Waals surface area contributed by atoms with Crippen LogP contribution in [0.2, 0.25) is 0 Å². The number of hydrogen-bond acceptors (Lipinski definition) is 4. The topological polar surface area (TPSA) is 75.7 Å². The number of nitrogens with zero attached hydrogens (tertiary/aromatic N) is 1. The predicted octanol–water partition coefficient (Wildman–Crippen LogP) is 3.03. The minimum absolute atomic E-state index is 0.151. The Hall–Kier alpha value is -2.38. The number of ether oxygens (including phenoxy) is 1. The van der Waals surface area contributed by atoms with Crippen LogP contribution in [0.3, 0.4) is 0 Å². The summed E-state index contributed by atoms with van der Waals surface area (Å²) in [6.45, 7) is 2.41. The fourth-order valence-corrected chi connectivity index (χ4v) is 4.99. The van der Waals surface area contributed by atoms with E-state index in [1.54, 1.807) is 43.2 Å². The molecule has 1 fully saturated rings. The van der Waals surface area contributed by atoms with Crippen molar-refractivity contribution in [3.8, 4) is 5.75 Å². The summed E-state index contributed by atoms with van der Waals surface area (Å²) < 4.78 is 33.9. The fourth-order valence-electron chi connectivity index (χ4n) is 3.71. The van der Waals surface area contributed by atoms with Gasteiger partial charge in [0.15, 0.2) is 0 Å². The summed E-state index contributed by atoms with van der Waals surface area (Å²) in [5.41, 5.74) is 2.52. The van der Waals surface area contributed by atoms with Crippen molar-refractivity contribution in [2.24, 2.45) is 5.92 Å². The first-order chi connectivity index (χ1) is 13.4. The first-order valence-corrected chi connectivity index (χ1v) is 11.0. The smallest absolute Gasteiger partial charge is 0.241 e. The van der Waals surface area contributed by atoms with E-state index in [9.17, 15) is 13.2 Å². The molecule has 0 saturated heterocycles. The molecule has 0 aromatic heterocycles. The molecule has 1 saturated carbocycles. The maximum atomic E-state index is 12.9. The van der Waals surface area contributed by atoms with Gasteiger partial charge in [-0.3, -0.25) is 4.79 Å². The number of benzene rings is 2. The summed E-state index contributed by atoms with van der Waals surface area (Å²) in [4.78, 5) is 14.4. The molecular formula is C21H24N2O4S. The molecule has 1 amide bonds. The van der Waals surface area contributed by atoms with E-state index in [2.05, 4.69) is 4.72 Å². The zero-order valence-corrected chi connectivity index (χ0v) is 16.8. The van der Waals surface area contributed by atoms with Gasteiger partial charge < -0.3 is 9.64 Å². The van der Waals surface area contributed by atoms with E-state index in [0.29, 0.717) is 18.7 Å². The average Bonchev–Trinajstić information content (AvgIpc) is 3.46. The molecule has 7 heteroatoms. The van der Waals surface area contributed by atoms with Crippen LogP contribution in [-0.2, 0) is 21.2 Å². The van der Waals surface area contributed by atoms with Crippen molar-refractivity contribution in [1.29, 1.82) is 0 Å². The van der Waals surface area contributed by atoms with Crippen LogP contribution in [0.4, 0.5) is 5.69 Å². The molecule has 1 atom stereocenters. The summed E-state index contributed by atoms with van der Waals surface area (Å²) in [5.74, 6) is 0.955. The molecule has 1 heterocycles. The summed E-state index contributed by atoms with van der Waals surface area (Å²) >= 11 is 0. The van der Waals surface area contributed by atoms with E-state index in [1.807, 2.05) is 18.2 Å². The number of nitrogens with one attached hydrogen (secondary N) is 1. The molecule has 28 heavy (non-hydrogen) atoms. The predicted molar refractivity (Wildman–Crippen MR) is 107 cm³/mol. The molecule has 1 aliphatic heterocycles. The molecule has 1 aliphatic carbocycles. The summed E-state index contributed by atoms with van der Waals surface area (Å²) in [6, 6.07) is 11.9. The van der Waals surface area contributed by atoms with Gasteiger partial charge in [-0.2, -0.15) is 0 Å². The highest BCUT2D eigenvalue weighted by molar-refractivity contribution is 7.89. The van der Waals surface area contributed by atoms with Crippen molar-refractivity contribution in [3.05, 3.63) is 53.6 Å². The highest BCUT2D eigenvalue weighted by atomic mass is 32.2. The second-order valence-electron chi connectivity index (χ2n) is 7.39. The van der Waals surface area contributed by atoms with Gasteiger partial charge in [0.2, 0.25) is 15.9 Å². The standard InChI is InChI=1S/C21H24N2O4S/c1-14(18-5-3-4-6-20(18)27-2)22-28(25,26)17-9-10-19-16(13-17)11-12-23(19)21(24)15-7-8-15/h3-6,9-10,13-15,22H,7-8,11-12H2,1-2H3/t14-/m0/s1. The van der Waals surface area contributed by atoms with E-state index in [1.165, 1.54) is 0 Å². The third-order valence-electron chi connectivity index (χ3n) is 5.39. The summed E-state index contributed by atoms with van der Waals surface area (Å²) in [5, 5.41) is 0.